The lowest BCUT2D eigenvalue weighted by molar-refractivity contribution is 0.240. The van der Waals surface area contributed by atoms with Gasteiger partial charge >= 0.3 is 0 Å². The predicted octanol–water partition coefficient (Wildman–Crippen LogP) is 0.569. The minimum absolute atomic E-state index is 0.00750. The van der Waals surface area contributed by atoms with E-state index in [2.05, 4.69) is 9.98 Å². The normalized spacial score (nSPS) is 38.7. The molecule has 0 saturated heterocycles. The summed E-state index contributed by atoms with van der Waals surface area (Å²) in [5.74, 6) is -0.0746. The second-order valence-electron chi connectivity index (χ2n) is 3.96. The highest BCUT2D eigenvalue weighted by molar-refractivity contribution is 6.05. The van der Waals surface area contributed by atoms with E-state index < -0.39 is 12.0 Å². The van der Waals surface area contributed by atoms with E-state index >= 15 is 0 Å². The molecule has 0 aromatic carbocycles. The van der Waals surface area contributed by atoms with Gasteiger partial charge in [0.25, 0.3) is 0 Å². The maximum absolute atomic E-state index is 14.4. The van der Waals surface area contributed by atoms with E-state index in [0.29, 0.717) is 0 Å². The van der Waals surface area contributed by atoms with E-state index in [0.717, 1.165) is 25.7 Å². The van der Waals surface area contributed by atoms with Gasteiger partial charge in [-0.05, 0) is 12.8 Å². The van der Waals surface area contributed by atoms with Crippen molar-refractivity contribution in [3.05, 3.63) is 0 Å². The Morgan fingerprint density at radius 2 is 2.07 bits per heavy atom. The first-order valence-electron chi connectivity index (χ1n) is 4.95. The summed E-state index contributed by atoms with van der Waals surface area (Å²) >= 11 is 0. The topological polar surface area (TPSA) is 76.8 Å². The lowest BCUT2D eigenvalue weighted by atomic mass is 9.87. The molecule has 14 heavy (non-hydrogen) atoms. The molecule has 4 N–H and O–H groups in total. The van der Waals surface area contributed by atoms with E-state index in [4.69, 9.17) is 11.5 Å². The Balaban J connectivity index is 2.22. The van der Waals surface area contributed by atoms with Gasteiger partial charge in [0, 0.05) is 12.1 Å². The van der Waals surface area contributed by atoms with E-state index in [1.165, 1.54) is 6.21 Å². The van der Waals surface area contributed by atoms with Crippen molar-refractivity contribution in [1.29, 1.82) is 0 Å². The number of nitrogens with two attached hydrogens (primary N) is 2. The molecule has 0 radical (unpaired) electrons. The van der Waals surface area contributed by atoms with Crippen molar-refractivity contribution in [3.8, 4) is 0 Å². The number of nitrogens with zero attached hydrogens (tertiary/aromatic N) is 2. The maximum atomic E-state index is 14.4. The quantitative estimate of drug-likeness (QED) is 0.646. The molecule has 0 spiro atoms. The molecule has 1 saturated carbocycles. The molecule has 4 nitrogen and oxygen atoms in total. The number of rotatable bonds is 1. The average Bonchev–Trinajstić information content (AvgIpc) is 2.65. The van der Waals surface area contributed by atoms with Crippen LogP contribution in [0.15, 0.2) is 9.98 Å². The molecule has 1 heterocycles. The van der Waals surface area contributed by atoms with Crippen LogP contribution in [0.5, 0.6) is 0 Å². The van der Waals surface area contributed by atoms with Gasteiger partial charge in [0.05, 0.1) is 0 Å². The van der Waals surface area contributed by atoms with E-state index in [9.17, 15) is 4.39 Å². The summed E-state index contributed by atoms with van der Waals surface area (Å²) in [6.07, 6.45) is 4.35. The van der Waals surface area contributed by atoms with Crippen molar-refractivity contribution in [2.45, 2.75) is 37.6 Å². The van der Waals surface area contributed by atoms with Crippen LogP contribution >= 0.6 is 0 Å². The van der Waals surface area contributed by atoms with Crippen LogP contribution in [0.4, 0.5) is 4.39 Å². The van der Waals surface area contributed by atoms with Gasteiger partial charge in [0.15, 0.2) is 6.29 Å². The molecule has 5 heteroatoms. The molecule has 2 unspecified atom stereocenters. The van der Waals surface area contributed by atoms with Crippen LogP contribution in [-0.2, 0) is 0 Å². The average molecular weight is 198 g/mol. The molecular weight excluding hydrogens is 183 g/mol. The number of hydrogen-bond acceptors (Lipinski definition) is 4. The molecule has 0 amide bonds. The van der Waals surface area contributed by atoms with Gasteiger partial charge in [-0.1, -0.05) is 12.8 Å². The molecule has 2 rings (SSSR count). The molecule has 1 fully saturated rings. The second-order valence-corrected chi connectivity index (χ2v) is 3.96. The summed E-state index contributed by atoms with van der Waals surface area (Å²) in [6.45, 7) is 0. The Morgan fingerprint density at radius 3 is 2.64 bits per heavy atom. The largest absolute Gasteiger partial charge is 0.384 e. The Hall–Kier alpha value is -0.970. The highest BCUT2D eigenvalue weighted by atomic mass is 19.1. The molecule has 0 aromatic rings. The maximum Gasteiger partial charge on any atom is 0.204 e. The molecule has 0 bridgehead atoms. The molecular formula is C9H15FN4. The van der Waals surface area contributed by atoms with Crippen molar-refractivity contribution >= 4 is 12.1 Å². The van der Waals surface area contributed by atoms with Gasteiger partial charge in [0.2, 0.25) is 5.67 Å². The van der Waals surface area contributed by atoms with Gasteiger partial charge in [-0.3, -0.25) is 10.7 Å². The van der Waals surface area contributed by atoms with E-state index in [1.54, 1.807) is 0 Å². The standard InChI is InChI=1S/C9H15FN4/c10-9(6-3-1-2-4-6)5-13-8(12)14-7(9)11/h5-6,8H,1-4,12H2,(H2,11,14). The minimum atomic E-state index is -1.65. The molecule has 0 aromatic heterocycles. The first-order chi connectivity index (χ1) is 6.63. The van der Waals surface area contributed by atoms with E-state index in [-0.39, 0.29) is 11.8 Å². The molecule has 1 aliphatic heterocycles. The van der Waals surface area contributed by atoms with Crippen molar-refractivity contribution in [2.24, 2.45) is 27.4 Å². The van der Waals surface area contributed by atoms with Crippen LogP contribution in [-0.4, -0.2) is 24.0 Å². The van der Waals surface area contributed by atoms with Crippen molar-refractivity contribution < 1.29 is 4.39 Å². The second kappa shape index (κ2) is 3.31. The van der Waals surface area contributed by atoms with Crippen LogP contribution < -0.4 is 11.5 Å². The van der Waals surface area contributed by atoms with Crippen LogP contribution in [0.2, 0.25) is 0 Å². The fraction of sp³-hybridized carbons (Fsp3) is 0.778. The summed E-state index contributed by atoms with van der Waals surface area (Å²) in [5, 5.41) is 0. The summed E-state index contributed by atoms with van der Waals surface area (Å²) in [4.78, 5) is 7.57. The third kappa shape index (κ3) is 1.41. The first kappa shape index (κ1) is 9.58. The van der Waals surface area contributed by atoms with Crippen molar-refractivity contribution in [3.63, 3.8) is 0 Å². The lowest BCUT2D eigenvalue weighted by Gasteiger charge is -2.29. The summed E-state index contributed by atoms with van der Waals surface area (Å²) in [6, 6.07) is 0. The summed E-state index contributed by atoms with van der Waals surface area (Å²) < 4.78 is 14.4. The van der Waals surface area contributed by atoms with Crippen LogP contribution in [0.1, 0.15) is 25.7 Å². The monoisotopic (exact) mass is 198 g/mol. The number of aliphatic imine (C=N–C) groups is 2. The van der Waals surface area contributed by atoms with Gasteiger partial charge in [-0.15, -0.1) is 0 Å². The first-order valence-corrected chi connectivity index (χ1v) is 4.95. The van der Waals surface area contributed by atoms with Crippen LogP contribution in [0, 0.1) is 5.92 Å². The SMILES string of the molecule is NC1=NC(N)N=CC1(F)C1CCCC1. The Kier molecular flexibility index (Phi) is 2.26. The van der Waals surface area contributed by atoms with Gasteiger partial charge in [0.1, 0.15) is 5.84 Å². The number of alkyl halides is 1. The highest BCUT2D eigenvalue weighted by Crippen LogP contribution is 2.36. The third-order valence-electron chi connectivity index (χ3n) is 3.03. The molecule has 2 atom stereocenters. The highest BCUT2D eigenvalue weighted by Gasteiger charge is 2.44. The Morgan fingerprint density at radius 1 is 1.43 bits per heavy atom. The third-order valence-corrected chi connectivity index (χ3v) is 3.03. The zero-order chi connectivity index (χ0) is 10.2. The van der Waals surface area contributed by atoms with Gasteiger partial charge in [-0.2, -0.15) is 0 Å². The minimum Gasteiger partial charge on any atom is -0.384 e. The fourth-order valence-corrected chi connectivity index (χ4v) is 2.19. The molecule has 1 aliphatic carbocycles. The number of amidine groups is 1. The van der Waals surface area contributed by atoms with Gasteiger partial charge < -0.3 is 5.73 Å². The summed E-state index contributed by atoms with van der Waals surface area (Å²) in [5.41, 5.74) is 9.35. The van der Waals surface area contributed by atoms with Gasteiger partial charge in [-0.25, -0.2) is 9.38 Å². The zero-order valence-electron chi connectivity index (χ0n) is 7.99. The van der Waals surface area contributed by atoms with Crippen LogP contribution in [0.25, 0.3) is 0 Å². The zero-order valence-corrected chi connectivity index (χ0v) is 7.99. The Labute approximate surface area is 82.3 Å². The van der Waals surface area contributed by atoms with Crippen molar-refractivity contribution in [1.82, 2.24) is 0 Å². The van der Waals surface area contributed by atoms with Crippen molar-refractivity contribution in [2.75, 3.05) is 0 Å². The summed E-state index contributed by atoms with van der Waals surface area (Å²) in [7, 11) is 0. The van der Waals surface area contributed by atoms with E-state index in [1.807, 2.05) is 0 Å². The smallest absolute Gasteiger partial charge is 0.204 e. The molecule has 2 aliphatic rings. The number of hydrogen-bond donors (Lipinski definition) is 2. The predicted molar refractivity (Wildman–Crippen MR) is 53.9 cm³/mol. The lowest BCUT2D eigenvalue weighted by Crippen LogP contribution is -2.50. The fourth-order valence-electron chi connectivity index (χ4n) is 2.19. The van der Waals surface area contributed by atoms with Crippen LogP contribution in [0.3, 0.4) is 0 Å². The Bertz CT molecular complexity index is 283. The molecule has 78 valence electrons. The number of halogens is 1.